The van der Waals surface area contributed by atoms with Gasteiger partial charge in [-0.05, 0) is 42.8 Å². The van der Waals surface area contributed by atoms with Crippen LogP contribution >= 0.6 is 11.6 Å². The Kier molecular flexibility index (Phi) is 3.70. The molecule has 8 heteroatoms. The van der Waals surface area contributed by atoms with Gasteiger partial charge in [-0.1, -0.05) is 12.1 Å². The van der Waals surface area contributed by atoms with Crippen molar-refractivity contribution in [3.05, 3.63) is 53.6 Å². The first-order valence-corrected chi connectivity index (χ1v) is 7.80. The van der Waals surface area contributed by atoms with E-state index in [0.29, 0.717) is 34.5 Å². The van der Waals surface area contributed by atoms with Crippen molar-refractivity contribution in [2.45, 2.75) is 6.92 Å². The Morgan fingerprint density at radius 2 is 1.88 bits per heavy atom. The molecule has 2 aromatic carbocycles. The Labute approximate surface area is 147 Å². The van der Waals surface area contributed by atoms with Crippen LogP contribution < -0.4 is 5.32 Å². The second-order valence-corrected chi connectivity index (χ2v) is 5.66. The number of para-hydroxylation sites is 2. The first-order chi connectivity index (χ1) is 12.1. The quantitative estimate of drug-likeness (QED) is 0.572. The van der Waals surface area contributed by atoms with E-state index in [1.54, 1.807) is 19.1 Å². The maximum atomic E-state index is 10.3. The molecule has 0 aliphatic rings. The van der Waals surface area contributed by atoms with Crippen LogP contribution in [0.5, 0.6) is 5.75 Å². The minimum absolute atomic E-state index is 0.0217. The number of aromatic hydroxyl groups is 1. The largest absolute Gasteiger partial charge is 0.507 e. The van der Waals surface area contributed by atoms with E-state index in [9.17, 15) is 5.11 Å². The third-order valence-corrected chi connectivity index (χ3v) is 3.67. The lowest BCUT2D eigenvalue weighted by atomic mass is 10.2. The molecule has 0 aliphatic heterocycles. The highest BCUT2D eigenvalue weighted by Gasteiger charge is 2.13. The van der Waals surface area contributed by atoms with E-state index in [4.69, 9.17) is 16.0 Å². The van der Waals surface area contributed by atoms with Crippen molar-refractivity contribution in [1.82, 2.24) is 19.9 Å². The fraction of sp³-hybridized carbons (Fsp3) is 0.0588. The molecule has 4 rings (SSSR count). The average molecular weight is 354 g/mol. The number of hydrogen-bond acceptors (Lipinski definition) is 7. The van der Waals surface area contributed by atoms with Crippen molar-refractivity contribution in [1.29, 1.82) is 0 Å². The Hall–Kier alpha value is -3.19. The number of rotatable bonds is 3. The Morgan fingerprint density at radius 1 is 1.04 bits per heavy atom. The predicted molar refractivity (Wildman–Crippen MR) is 94.0 cm³/mol. The fourth-order valence-electron chi connectivity index (χ4n) is 2.41. The highest BCUT2D eigenvalue weighted by molar-refractivity contribution is 6.28. The number of benzene rings is 2. The van der Waals surface area contributed by atoms with Gasteiger partial charge in [0.15, 0.2) is 5.58 Å². The van der Waals surface area contributed by atoms with Crippen LogP contribution in [-0.2, 0) is 0 Å². The van der Waals surface area contributed by atoms with Gasteiger partial charge in [0.2, 0.25) is 17.1 Å². The zero-order valence-corrected chi connectivity index (χ0v) is 13.8. The second-order valence-electron chi connectivity index (χ2n) is 5.32. The molecule has 0 unspecified atom stereocenters. The zero-order valence-electron chi connectivity index (χ0n) is 13.1. The third kappa shape index (κ3) is 3.09. The van der Waals surface area contributed by atoms with E-state index in [-0.39, 0.29) is 11.0 Å². The van der Waals surface area contributed by atoms with Gasteiger partial charge in [0, 0.05) is 11.8 Å². The summed E-state index contributed by atoms with van der Waals surface area (Å²) in [4.78, 5) is 16.4. The molecule has 2 heterocycles. The summed E-state index contributed by atoms with van der Waals surface area (Å²) in [6.45, 7) is 1.71. The maximum Gasteiger partial charge on any atom is 0.231 e. The number of fused-ring (bicyclic) bond motifs is 1. The summed E-state index contributed by atoms with van der Waals surface area (Å²) in [5.41, 5.74) is 2.48. The zero-order chi connectivity index (χ0) is 17.4. The number of halogens is 1. The number of aryl methyl sites for hydroxylation is 1. The Balaban J connectivity index is 1.66. The molecule has 2 aromatic heterocycles. The molecule has 0 fully saturated rings. The molecule has 0 atom stereocenters. The Morgan fingerprint density at radius 3 is 2.64 bits per heavy atom. The topological polar surface area (TPSA) is 97.0 Å². The fourth-order valence-corrected chi connectivity index (χ4v) is 2.61. The molecule has 0 saturated heterocycles. The molecule has 0 saturated carbocycles. The Bertz CT molecular complexity index is 1030. The molecule has 0 radical (unpaired) electrons. The van der Waals surface area contributed by atoms with Crippen LogP contribution in [0, 0.1) is 6.92 Å². The predicted octanol–water partition coefficient (Wildman–Crippen LogP) is 4.09. The number of phenolic OH excluding ortho intramolecular Hbond substituents is 1. The van der Waals surface area contributed by atoms with E-state index in [2.05, 4.69) is 25.3 Å². The van der Waals surface area contributed by atoms with Crippen molar-refractivity contribution in [3.8, 4) is 17.2 Å². The van der Waals surface area contributed by atoms with Crippen molar-refractivity contribution in [2.75, 3.05) is 5.32 Å². The van der Waals surface area contributed by atoms with Gasteiger partial charge >= 0.3 is 0 Å². The summed E-state index contributed by atoms with van der Waals surface area (Å²) in [7, 11) is 0. The number of anilines is 2. The maximum absolute atomic E-state index is 10.3. The van der Waals surface area contributed by atoms with Gasteiger partial charge in [-0.25, -0.2) is 9.97 Å². The number of nitrogens with zero attached hydrogens (tertiary/aromatic N) is 4. The van der Waals surface area contributed by atoms with E-state index < -0.39 is 0 Å². The summed E-state index contributed by atoms with van der Waals surface area (Å²) in [6, 6.07) is 12.4. The molecule has 7 nitrogen and oxygen atoms in total. The molecule has 2 N–H and O–H groups in total. The van der Waals surface area contributed by atoms with E-state index in [1.807, 2.05) is 24.3 Å². The van der Waals surface area contributed by atoms with Crippen LogP contribution in [0.3, 0.4) is 0 Å². The van der Waals surface area contributed by atoms with Gasteiger partial charge in [-0.3, -0.25) is 0 Å². The van der Waals surface area contributed by atoms with Crippen molar-refractivity contribution in [2.24, 2.45) is 0 Å². The van der Waals surface area contributed by atoms with Gasteiger partial charge < -0.3 is 14.8 Å². The number of aromatic nitrogens is 4. The van der Waals surface area contributed by atoms with E-state index >= 15 is 0 Å². The third-order valence-electron chi connectivity index (χ3n) is 3.50. The van der Waals surface area contributed by atoms with Crippen LogP contribution in [0.2, 0.25) is 5.28 Å². The van der Waals surface area contributed by atoms with Crippen LogP contribution in [0.4, 0.5) is 11.6 Å². The molecule has 0 aliphatic carbocycles. The summed E-state index contributed by atoms with van der Waals surface area (Å²) in [6.07, 6.45) is 0. The van der Waals surface area contributed by atoms with Crippen molar-refractivity contribution in [3.63, 3.8) is 0 Å². The minimum atomic E-state index is 0.0217. The standard InChI is InChI=1S/C17H12ClN5O2/c1-9-19-16(18)23-17(20-9)21-10-6-7-11(13(24)8-10)15-22-12-4-2-3-5-14(12)25-15/h2-8,24H,1H3,(H,19,20,21,23). The first kappa shape index (κ1) is 15.3. The lowest BCUT2D eigenvalue weighted by Gasteiger charge is -2.07. The number of phenols is 1. The molecule has 124 valence electrons. The molecule has 0 spiro atoms. The molecule has 25 heavy (non-hydrogen) atoms. The van der Waals surface area contributed by atoms with Crippen LogP contribution in [-0.4, -0.2) is 25.0 Å². The van der Waals surface area contributed by atoms with E-state index in [0.717, 1.165) is 5.52 Å². The molecule has 0 amide bonds. The second kappa shape index (κ2) is 6.03. The van der Waals surface area contributed by atoms with Gasteiger partial charge in [0.05, 0.1) is 5.56 Å². The summed E-state index contributed by atoms with van der Waals surface area (Å²) in [5.74, 6) is 1.17. The smallest absolute Gasteiger partial charge is 0.231 e. The normalized spacial score (nSPS) is 11.0. The molecular weight excluding hydrogens is 342 g/mol. The van der Waals surface area contributed by atoms with E-state index in [1.165, 1.54) is 6.07 Å². The summed E-state index contributed by atoms with van der Waals surface area (Å²) in [5, 5.41) is 13.4. The molecule has 4 aromatic rings. The average Bonchev–Trinajstić information content (AvgIpc) is 2.97. The van der Waals surface area contributed by atoms with Crippen LogP contribution in [0.25, 0.3) is 22.6 Å². The first-order valence-electron chi connectivity index (χ1n) is 7.43. The number of hydrogen-bond donors (Lipinski definition) is 2. The highest BCUT2D eigenvalue weighted by atomic mass is 35.5. The number of oxazole rings is 1. The number of nitrogens with one attached hydrogen (secondary N) is 1. The lowest BCUT2D eigenvalue weighted by molar-refractivity contribution is 0.474. The van der Waals surface area contributed by atoms with Crippen molar-refractivity contribution < 1.29 is 9.52 Å². The minimum Gasteiger partial charge on any atom is -0.507 e. The molecule has 0 bridgehead atoms. The van der Waals surface area contributed by atoms with Gasteiger partial charge in [-0.15, -0.1) is 0 Å². The SMILES string of the molecule is Cc1nc(Cl)nc(Nc2ccc(-c3nc4ccccc4o3)c(O)c2)n1. The highest BCUT2D eigenvalue weighted by Crippen LogP contribution is 2.33. The lowest BCUT2D eigenvalue weighted by Crippen LogP contribution is -2.01. The summed E-state index contributed by atoms with van der Waals surface area (Å²) >= 11 is 5.82. The van der Waals surface area contributed by atoms with Gasteiger partial charge in [-0.2, -0.15) is 9.97 Å². The monoisotopic (exact) mass is 353 g/mol. The van der Waals surface area contributed by atoms with Crippen molar-refractivity contribution >= 4 is 34.3 Å². The van der Waals surface area contributed by atoms with Crippen LogP contribution in [0.1, 0.15) is 5.82 Å². The summed E-state index contributed by atoms with van der Waals surface area (Å²) < 4.78 is 5.68. The van der Waals surface area contributed by atoms with Crippen LogP contribution in [0.15, 0.2) is 46.9 Å². The molecular formula is C17H12ClN5O2. The van der Waals surface area contributed by atoms with Gasteiger partial charge in [0.25, 0.3) is 0 Å². The van der Waals surface area contributed by atoms with Gasteiger partial charge in [0.1, 0.15) is 17.1 Å².